The lowest BCUT2D eigenvalue weighted by molar-refractivity contribution is -0.116. The van der Waals surface area contributed by atoms with Crippen LogP contribution in [0.25, 0.3) is 10.9 Å². The number of benzene rings is 3. The number of rotatable bonds is 7. The zero-order chi connectivity index (χ0) is 24.2. The number of aromatic nitrogens is 1. The summed E-state index contributed by atoms with van der Waals surface area (Å²) in [6.07, 6.45) is 0. The number of amides is 1. The van der Waals surface area contributed by atoms with Crippen molar-refractivity contribution in [3.8, 4) is 5.88 Å². The first-order valence-electron chi connectivity index (χ1n) is 11.0. The molecule has 1 heterocycles. The fraction of sp³-hybridized carbons (Fsp3) is 0.185. The molecule has 0 radical (unpaired) electrons. The molecule has 0 fully saturated rings. The van der Waals surface area contributed by atoms with Gasteiger partial charge in [-0.3, -0.25) is 4.79 Å². The van der Waals surface area contributed by atoms with Gasteiger partial charge >= 0.3 is 0 Å². The standard InChI is InChI=1S/C27H27ClN4O2/c1-18(33)32(16-15-31(2)3)22-12-10-21(11-13-22)29-26(19-7-5-4-6-8-19)25-23-14-9-20(28)17-24(23)30-27(25)34/h4-14,17,30,34H,15-16H2,1-3H3. The molecule has 4 aromatic rings. The Morgan fingerprint density at radius 1 is 1.00 bits per heavy atom. The van der Waals surface area contributed by atoms with Gasteiger partial charge in [-0.25, -0.2) is 4.99 Å². The molecule has 7 heteroatoms. The van der Waals surface area contributed by atoms with Gasteiger partial charge in [0.05, 0.1) is 22.5 Å². The van der Waals surface area contributed by atoms with E-state index in [1.807, 2.05) is 79.7 Å². The third-order valence-electron chi connectivity index (χ3n) is 5.58. The van der Waals surface area contributed by atoms with E-state index in [0.717, 1.165) is 28.7 Å². The molecule has 0 saturated carbocycles. The zero-order valence-corrected chi connectivity index (χ0v) is 20.2. The van der Waals surface area contributed by atoms with Gasteiger partial charge in [0.2, 0.25) is 5.91 Å². The van der Waals surface area contributed by atoms with Gasteiger partial charge in [0.1, 0.15) is 0 Å². The number of nitrogens with zero attached hydrogens (tertiary/aromatic N) is 3. The predicted molar refractivity (Wildman–Crippen MR) is 140 cm³/mol. The molecule has 6 nitrogen and oxygen atoms in total. The Balaban J connectivity index is 1.77. The van der Waals surface area contributed by atoms with Crippen molar-refractivity contribution in [2.24, 2.45) is 4.99 Å². The van der Waals surface area contributed by atoms with Crippen molar-refractivity contribution in [3.05, 3.63) is 88.9 Å². The van der Waals surface area contributed by atoms with Crippen LogP contribution >= 0.6 is 11.6 Å². The minimum absolute atomic E-state index is 0.00884. The molecule has 1 aromatic heterocycles. The van der Waals surface area contributed by atoms with Crippen LogP contribution in [0.1, 0.15) is 18.1 Å². The topological polar surface area (TPSA) is 71.9 Å². The number of fused-ring (bicyclic) bond motifs is 1. The number of aliphatic imine (C=N–C) groups is 1. The molecule has 2 N–H and O–H groups in total. The molecule has 1 amide bonds. The summed E-state index contributed by atoms with van der Waals surface area (Å²) in [6, 6.07) is 22.7. The Bertz CT molecular complexity index is 1330. The molecule has 3 aromatic carbocycles. The molecule has 0 atom stereocenters. The maximum Gasteiger partial charge on any atom is 0.223 e. The fourth-order valence-corrected chi connectivity index (χ4v) is 4.03. The van der Waals surface area contributed by atoms with Crippen LogP contribution in [0, 0.1) is 0 Å². The van der Waals surface area contributed by atoms with Crippen LogP contribution in [0.15, 0.2) is 77.8 Å². The van der Waals surface area contributed by atoms with Gasteiger partial charge in [-0.15, -0.1) is 0 Å². The van der Waals surface area contributed by atoms with Crippen molar-refractivity contribution in [2.45, 2.75) is 6.92 Å². The van der Waals surface area contributed by atoms with E-state index < -0.39 is 0 Å². The second-order valence-corrected chi connectivity index (χ2v) is 8.79. The van der Waals surface area contributed by atoms with E-state index in [2.05, 4.69) is 4.98 Å². The minimum atomic E-state index is -0.00884. The van der Waals surface area contributed by atoms with Crippen molar-refractivity contribution in [2.75, 3.05) is 32.1 Å². The first-order valence-corrected chi connectivity index (χ1v) is 11.4. The second-order valence-electron chi connectivity index (χ2n) is 8.36. The summed E-state index contributed by atoms with van der Waals surface area (Å²) < 4.78 is 0. The number of anilines is 1. The predicted octanol–water partition coefficient (Wildman–Crippen LogP) is 5.61. The Labute approximate surface area is 204 Å². The number of likely N-dealkylation sites (N-methyl/N-ethyl adjacent to an activating group) is 1. The van der Waals surface area contributed by atoms with Crippen molar-refractivity contribution >= 4 is 45.5 Å². The van der Waals surface area contributed by atoms with E-state index in [1.54, 1.807) is 24.0 Å². The molecular formula is C27H27ClN4O2. The quantitative estimate of drug-likeness (QED) is 0.342. The average Bonchev–Trinajstić information content (AvgIpc) is 3.13. The summed E-state index contributed by atoms with van der Waals surface area (Å²) in [6.45, 7) is 2.94. The van der Waals surface area contributed by atoms with Gasteiger partial charge in [0, 0.05) is 41.7 Å². The summed E-state index contributed by atoms with van der Waals surface area (Å²) in [7, 11) is 3.96. The molecule has 4 rings (SSSR count). The van der Waals surface area contributed by atoms with Crippen molar-refractivity contribution < 1.29 is 9.90 Å². The minimum Gasteiger partial charge on any atom is -0.494 e. The number of carbonyl (C=O) groups excluding carboxylic acids is 1. The second kappa shape index (κ2) is 10.1. The molecule has 0 saturated heterocycles. The first-order chi connectivity index (χ1) is 16.3. The summed E-state index contributed by atoms with van der Waals surface area (Å²) >= 11 is 6.15. The number of H-pyrrole nitrogens is 1. The van der Waals surface area contributed by atoms with E-state index in [-0.39, 0.29) is 11.8 Å². The number of aromatic hydroxyl groups is 1. The summed E-state index contributed by atoms with van der Waals surface area (Å²) in [5.41, 5.74) is 4.38. The Hall–Kier alpha value is -3.61. The lowest BCUT2D eigenvalue weighted by Crippen LogP contribution is -2.35. The maximum absolute atomic E-state index is 12.2. The van der Waals surface area contributed by atoms with Crippen LogP contribution in [-0.4, -0.2) is 53.8 Å². The highest BCUT2D eigenvalue weighted by atomic mass is 35.5. The third-order valence-corrected chi connectivity index (χ3v) is 5.81. The molecule has 0 unspecified atom stereocenters. The first kappa shape index (κ1) is 23.5. The SMILES string of the molecule is CC(=O)N(CCN(C)C)c1ccc(N=C(c2ccccc2)c2c(O)[nH]c3cc(Cl)ccc23)cc1. The highest BCUT2D eigenvalue weighted by Crippen LogP contribution is 2.33. The van der Waals surface area contributed by atoms with Gasteiger partial charge in [0.15, 0.2) is 5.88 Å². The van der Waals surface area contributed by atoms with Crippen LogP contribution in [0.3, 0.4) is 0 Å². The molecule has 0 aliphatic carbocycles. The van der Waals surface area contributed by atoms with Gasteiger partial charge in [-0.2, -0.15) is 0 Å². The monoisotopic (exact) mass is 474 g/mol. The van der Waals surface area contributed by atoms with E-state index >= 15 is 0 Å². The number of hydrogen-bond donors (Lipinski definition) is 2. The molecule has 34 heavy (non-hydrogen) atoms. The molecule has 0 spiro atoms. The largest absolute Gasteiger partial charge is 0.494 e. The lowest BCUT2D eigenvalue weighted by Gasteiger charge is -2.23. The molecule has 0 bridgehead atoms. The van der Waals surface area contributed by atoms with Crippen LogP contribution in [0.4, 0.5) is 11.4 Å². The maximum atomic E-state index is 12.2. The highest BCUT2D eigenvalue weighted by Gasteiger charge is 2.19. The third kappa shape index (κ3) is 5.14. The number of hydrogen-bond acceptors (Lipinski definition) is 4. The van der Waals surface area contributed by atoms with Crippen LogP contribution in [0.5, 0.6) is 5.88 Å². The van der Waals surface area contributed by atoms with Crippen LogP contribution in [0.2, 0.25) is 5.02 Å². The summed E-state index contributed by atoms with van der Waals surface area (Å²) in [4.78, 5) is 23.9. The summed E-state index contributed by atoms with van der Waals surface area (Å²) in [5, 5.41) is 12.2. The summed E-state index contributed by atoms with van der Waals surface area (Å²) in [5.74, 6) is 0.0216. The molecule has 0 aliphatic rings. The highest BCUT2D eigenvalue weighted by molar-refractivity contribution is 6.31. The smallest absolute Gasteiger partial charge is 0.223 e. The number of halogens is 1. The average molecular weight is 475 g/mol. The number of nitrogens with one attached hydrogen (secondary N) is 1. The normalized spacial score (nSPS) is 11.9. The zero-order valence-electron chi connectivity index (χ0n) is 19.4. The Morgan fingerprint density at radius 3 is 2.35 bits per heavy atom. The fourth-order valence-electron chi connectivity index (χ4n) is 3.86. The van der Waals surface area contributed by atoms with Crippen LogP contribution in [-0.2, 0) is 4.79 Å². The Morgan fingerprint density at radius 2 is 1.71 bits per heavy atom. The van der Waals surface area contributed by atoms with E-state index in [9.17, 15) is 9.90 Å². The Kier molecular flexibility index (Phi) is 7.01. The van der Waals surface area contributed by atoms with Gasteiger partial charge in [0.25, 0.3) is 0 Å². The van der Waals surface area contributed by atoms with Crippen molar-refractivity contribution in [1.29, 1.82) is 0 Å². The van der Waals surface area contributed by atoms with Gasteiger partial charge < -0.3 is 19.9 Å². The lowest BCUT2D eigenvalue weighted by atomic mass is 10.0. The van der Waals surface area contributed by atoms with Crippen LogP contribution < -0.4 is 4.90 Å². The van der Waals surface area contributed by atoms with E-state index in [1.165, 1.54) is 0 Å². The number of carbonyl (C=O) groups is 1. The van der Waals surface area contributed by atoms with E-state index in [4.69, 9.17) is 16.6 Å². The van der Waals surface area contributed by atoms with Crippen molar-refractivity contribution in [3.63, 3.8) is 0 Å². The van der Waals surface area contributed by atoms with E-state index in [0.29, 0.717) is 28.5 Å². The molecule has 0 aliphatic heterocycles. The molecular weight excluding hydrogens is 448 g/mol. The van der Waals surface area contributed by atoms with Gasteiger partial charge in [-0.1, -0.05) is 48.0 Å². The van der Waals surface area contributed by atoms with Gasteiger partial charge in [-0.05, 0) is 50.5 Å². The number of aromatic amines is 1. The molecule has 174 valence electrons. The van der Waals surface area contributed by atoms with Crippen molar-refractivity contribution in [1.82, 2.24) is 9.88 Å².